The summed E-state index contributed by atoms with van der Waals surface area (Å²) in [4.78, 5) is 24.8. The number of carbonyl (C=O) groups excluding carboxylic acids is 2. The molecule has 0 amide bonds. The number of hydrogen-bond donors (Lipinski definition) is 0. The molecule has 4 heteroatoms. The summed E-state index contributed by atoms with van der Waals surface area (Å²) in [5.41, 5.74) is -0.332. The van der Waals surface area contributed by atoms with E-state index in [2.05, 4.69) is 12.1 Å². The van der Waals surface area contributed by atoms with Gasteiger partial charge in [-0.3, -0.25) is 4.79 Å². The smallest absolute Gasteiger partial charge is 0.346 e. The third kappa shape index (κ3) is 3.86. The van der Waals surface area contributed by atoms with Gasteiger partial charge in [-0.1, -0.05) is 50.1 Å². The summed E-state index contributed by atoms with van der Waals surface area (Å²) >= 11 is 0. The highest BCUT2D eigenvalue weighted by Crippen LogP contribution is 2.44. The molecule has 132 valence electrons. The molecule has 2 rings (SSSR count). The molecule has 0 N–H and O–H groups in total. The lowest BCUT2D eigenvalue weighted by Gasteiger charge is -2.41. The third-order valence-electron chi connectivity index (χ3n) is 4.86. The van der Waals surface area contributed by atoms with Crippen LogP contribution in [0.5, 0.6) is 0 Å². The van der Waals surface area contributed by atoms with Gasteiger partial charge in [0, 0.05) is 12.5 Å². The topological polar surface area (TPSA) is 52.6 Å². The summed E-state index contributed by atoms with van der Waals surface area (Å²) in [5.74, 6) is -0.588. The molecule has 3 atom stereocenters. The Bertz CT molecular complexity index is 528. The molecule has 1 aliphatic rings. The number of rotatable bonds is 8. The van der Waals surface area contributed by atoms with E-state index in [-0.39, 0.29) is 11.8 Å². The Kier molecular flexibility index (Phi) is 6.98. The van der Waals surface area contributed by atoms with Crippen molar-refractivity contribution in [2.75, 3.05) is 13.2 Å². The van der Waals surface area contributed by atoms with Crippen molar-refractivity contribution in [3.8, 4) is 0 Å². The molecule has 1 aromatic carbocycles. The number of hydrogen-bond acceptors (Lipinski definition) is 4. The second kappa shape index (κ2) is 8.97. The van der Waals surface area contributed by atoms with E-state index in [0.717, 1.165) is 37.7 Å². The molecule has 1 fully saturated rings. The number of carbonyl (C=O) groups is 2. The number of ether oxygens (including phenoxy) is 2. The van der Waals surface area contributed by atoms with Crippen LogP contribution in [0.2, 0.25) is 0 Å². The number of benzene rings is 1. The van der Waals surface area contributed by atoms with Crippen molar-refractivity contribution in [3.05, 3.63) is 35.9 Å². The molecular weight excluding hydrogens is 304 g/mol. The lowest BCUT2D eigenvalue weighted by molar-refractivity contribution is -0.182. The summed E-state index contributed by atoms with van der Waals surface area (Å²) in [6.45, 7) is 4.36. The Hall–Kier alpha value is -1.68. The summed E-state index contributed by atoms with van der Waals surface area (Å²) < 4.78 is 11.1. The highest BCUT2D eigenvalue weighted by atomic mass is 16.6. The molecule has 1 saturated carbocycles. The summed E-state index contributed by atoms with van der Waals surface area (Å²) in [5, 5.41) is 0. The van der Waals surface area contributed by atoms with Crippen molar-refractivity contribution in [1.82, 2.24) is 0 Å². The first-order chi connectivity index (χ1) is 11.7. The highest BCUT2D eigenvalue weighted by molar-refractivity contribution is 5.97. The number of esters is 1. The fraction of sp³-hybridized carbons (Fsp3) is 0.600. The summed E-state index contributed by atoms with van der Waals surface area (Å²) in [6, 6.07) is 10.1. The quantitative estimate of drug-likeness (QED) is 0.412. The van der Waals surface area contributed by atoms with E-state index in [9.17, 15) is 9.59 Å². The van der Waals surface area contributed by atoms with E-state index < -0.39 is 11.6 Å². The Morgan fingerprint density at radius 2 is 1.92 bits per heavy atom. The Labute approximate surface area is 144 Å². The minimum absolute atomic E-state index is 0.130. The Balaban J connectivity index is 2.37. The Morgan fingerprint density at radius 1 is 1.21 bits per heavy atom. The second-order valence-corrected chi connectivity index (χ2v) is 6.39. The predicted octanol–water partition coefficient (Wildman–Crippen LogP) is 3.89. The zero-order valence-electron chi connectivity index (χ0n) is 14.7. The molecule has 0 radical (unpaired) electrons. The van der Waals surface area contributed by atoms with Gasteiger partial charge in [-0.25, -0.2) is 4.79 Å². The first-order valence-electron chi connectivity index (χ1n) is 9.02. The van der Waals surface area contributed by atoms with Gasteiger partial charge in [0.25, 0.3) is 0 Å². The zero-order chi connectivity index (χ0) is 17.4. The van der Waals surface area contributed by atoms with Crippen molar-refractivity contribution < 1.29 is 19.1 Å². The van der Waals surface area contributed by atoms with Gasteiger partial charge in [-0.15, -0.1) is 0 Å². The van der Waals surface area contributed by atoms with E-state index in [1.807, 2.05) is 32.0 Å². The molecular formula is C20H28O4. The molecule has 3 unspecified atom stereocenters. The largest absolute Gasteiger partial charge is 0.463 e. The molecule has 0 aromatic heterocycles. The molecule has 0 spiro atoms. The first-order valence-corrected chi connectivity index (χ1v) is 9.02. The van der Waals surface area contributed by atoms with Gasteiger partial charge in [0.1, 0.15) is 0 Å². The van der Waals surface area contributed by atoms with E-state index in [1.54, 1.807) is 0 Å². The molecule has 24 heavy (non-hydrogen) atoms. The SMILES string of the molecule is CCCOC(=O)C(C=O)(OCC)C1CCCCC1c1ccccc1. The fourth-order valence-electron chi connectivity index (χ4n) is 3.78. The van der Waals surface area contributed by atoms with Crippen molar-refractivity contribution >= 4 is 12.3 Å². The minimum Gasteiger partial charge on any atom is -0.463 e. The van der Waals surface area contributed by atoms with Crippen molar-refractivity contribution in [2.45, 2.75) is 57.5 Å². The van der Waals surface area contributed by atoms with Crippen LogP contribution >= 0.6 is 0 Å². The predicted molar refractivity (Wildman–Crippen MR) is 92.8 cm³/mol. The van der Waals surface area contributed by atoms with Gasteiger partial charge in [0.2, 0.25) is 5.60 Å². The normalized spacial score (nSPS) is 23.2. The molecule has 1 aliphatic carbocycles. The van der Waals surface area contributed by atoms with Crippen molar-refractivity contribution in [1.29, 1.82) is 0 Å². The van der Waals surface area contributed by atoms with Crippen LogP contribution in [0.25, 0.3) is 0 Å². The lowest BCUT2D eigenvalue weighted by Crippen LogP contribution is -2.53. The van der Waals surface area contributed by atoms with Crippen molar-refractivity contribution in [2.24, 2.45) is 5.92 Å². The monoisotopic (exact) mass is 332 g/mol. The van der Waals surface area contributed by atoms with Gasteiger partial charge in [0.15, 0.2) is 6.29 Å². The maximum atomic E-state index is 12.7. The van der Waals surface area contributed by atoms with E-state index in [1.165, 1.54) is 0 Å². The van der Waals surface area contributed by atoms with Crippen LogP contribution in [0, 0.1) is 5.92 Å². The minimum atomic E-state index is -1.50. The molecule has 4 nitrogen and oxygen atoms in total. The van der Waals surface area contributed by atoms with Crippen LogP contribution in [0.3, 0.4) is 0 Å². The van der Waals surface area contributed by atoms with Crippen LogP contribution in [0.1, 0.15) is 57.4 Å². The van der Waals surface area contributed by atoms with Crippen LogP contribution < -0.4 is 0 Å². The zero-order valence-corrected chi connectivity index (χ0v) is 14.7. The van der Waals surface area contributed by atoms with Crippen molar-refractivity contribution in [3.63, 3.8) is 0 Å². The first kappa shape index (κ1) is 18.7. The Morgan fingerprint density at radius 3 is 2.54 bits per heavy atom. The molecule has 0 aliphatic heterocycles. The maximum absolute atomic E-state index is 12.7. The second-order valence-electron chi connectivity index (χ2n) is 6.39. The molecule has 0 saturated heterocycles. The van der Waals surface area contributed by atoms with Gasteiger partial charge in [-0.05, 0) is 37.7 Å². The van der Waals surface area contributed by atoms with Crippen LogP contribution in [0.4, 0.5) is 0 Å². The summed E-state index contributed by atoms with van der Waals surface area (Å²) in [7, 11) is 0. The standard InChI is InChI=1S/C20H28O4/c1-3-14-23-19(22)20(15-21,24-4-2)18-13-9-8-12-17(18)16-10-6-5-7-11-16/h5-7,10-11,15,17-18H,3-4,8-9,12-14H2,1-2H3. The highest BCUT2D eigenvalue weighted by Gasteiger charge is 2.52. The van der Waals surface area contributed by atoms with Crippen LogP contribution in [-0.4, -0.2) is 31.1 Å². The molecule has 0 heterocycles. The van der Waals surface area contributed by atoms with E-state index >= 15 is 0 Å². The fourth-order valence-corrected chi connectivity index (χ4v) is 3.78. The van der Waals surface area contributed by atoms with Gasteiger partial charge >= 0.3 is 5.97 Å². The van der Waals surface area contributed by atoms with Gasteiger partial charge < -0.3 is 9.47 Å². The molecule has 1 aromatic rings. The average Bonchev–Trinajstić information content (AvgIpc) is 2.65. The number of aldehydes is 1. The van der Waals surface area contributed by atoms with E-state index in [4.69, 9.17) is 9.47 Å². The maximum Gasteiger partial charge on any atom is 0.346 e. The average molecular weight is 332 g/mol. The van der Waals surface area contributed by atoms with E-state index in [0.29, 0.717) is 19.5 Å². The van der Waals surface area contributed by atoms with Gasteiger partial charge in [-0.2, -0.15) is 0 Å². The molecule has 0 bridgehead atoms. The lowest BCUT2D eigenvalue weighted by atomic mass is 9.67. The third-order valence-corrected chi connectivity index (χ3v) is 4.86. The van der Waals surface area contributed by atoms with Gasteiger partial charge in [0.05, 0.1) is 6.61 Å². The summed E-state index contributed by atoms with van der Waals surface area (Å²) in [6.07, 6.45) is 5.25. The van der Waals surface area contributed by atoms with Crippen LogP contribution in [0.15, 0.2) is 30.3 Å². The van der Waals surface area contributed by atoms with Crippen LogP contribution in [-0.2, 0) is 19.1 Å².